The van der Waals surface area contributed by atoms with Crippen molar-refractivity contribution < 1.29 is 31.5 Å². The predicted molar refractivity (Wildman–Crippen MR) is 114 cm³/mol. The Hall–Kier alpha value is -2.89. The van der Waals surface area contributed by atoms with Crippen molar-refractivity contribution in [1.29, 1.82) is 0 Å². The van der Waals surface area contributed by atoms with Crippen LogP contribution in [-0.4, -0.2) is 41.3 Å². The molecule has 8 nitrogen and oxygen atoms in total. The van der Waals surface area contributed by atoms with Crippen molar-refractivity contribution in [1.82, 2.24) is 0 Å². The molecule has 0 aliphatic rings. The number of ether oxygens (including phenoxy) is 1. The van der Waals surface area contributed by atoms with Gasteiger partial charge in [-0.2, -0.15) is 0 Å². The molecule has 11 heteroatoms. The molecule has 0 atom stereocenters. The molecule has 0 saturated heterocycles. The molecule has 0 fully saturated rings. The highest BCUT2D eigenvalue weighted by molar-refractivity contribution is 7.93. The second kappa shape index (κ2) is 8.09. The summed E-state index contributed by atoms with van der Waals surface area (Å²) in [6.07, 6.45) is 1.02. The average molecular weight is 468 g/mol. The Kier molecular flexibility index (Phi) is 5.88. The highest BCUT2D eigenvalue weighted by Crippen LogP contribution is 2.36. The molecule has 1 heterocycles. The van der Waals surface area contributed by atoms with Gasteiger partial charge in [-0.15, -0.1) is 11.3 Å². The van der Waals surface area contributed by atoms with Crippen LogP contribution in [-0.2, 0) is 19.9 Å². The van der Waals surface area contributed by atoms with Crippen molar-refractivity contribution in [2.24, 2.45) is 0 Å². The summed E-state index contributed by atoms with van der Waals surface area (Å²) in [5.74, 6) is -1.35. The van der Waals surface area contributed by atoms with Crippen molar-refractivity contribution in [3.63, 3.8) is 0 Å². The van der Waals surface area contributed by atoms with E-state index in [1.807, 2.05) is 0 Å². The number of nitrogens with one attached hydrogen (secondary N) is 1. The molecular weight excluding hydrogens is 450 g/mol. The first-order chi connectivity index (χ1) is 14.0. The van der Waals surface area contributed by atoms with E-state index in [2.05, 4.69) is 4.72 Å². The zero-order chi connectivity index (χ0) is 22.1. The highest BCUT2D eigenvalue weighted by Gasteiger charge is 2.24. The van der Waals surface area contributed by atoms with Crippen LogP contribution in [0, 0.1) is 0 Å². The SMILES string of the molecule is COc1ccc(C(=O)O)cc1S(=O)(=O)Nc1cc(S(C)(=O)=O)ccc1-c1cccs1. The Bertz CT molecular complexity index is 1310. The Morgan fingerprint density at radius 2 is 1.80 bits per heavy atom. The van der Waals surface area contributed by atoms with Gasteiger partial charge in [0.15, 0.2) is 9.84 Å². The number of benzene rings is 2. The summed E-state index contributed by atoms with van der Waals surface area (Å²) in [6.45, 7) is 0. The molecule has 0 aliphatic heterocycles. The number of carbonyl (C=O) groups is 1. The number of hydrogen-bond acceptors (Lipinski definition) is 7. The number of methoxy groups -OCH3 is 1. The first-order valence-electron chi connectivity index (χ1n) is 8.35. The smallest absolute Gasteiger partial charge is 0.335 e. The molecule has 0 aliphatic carbocycles. The molecule has 0 radical (unpaired) electrons. The van der Waals surface area contributed by atoms with Gasteiger partial charge in [-0.25, -0.2) is 21.6 Å². The third kappa shape index (κ3) is 4.48. The first kappa shape index (κ1) is 21.8. The van der Waals surface area contributed by atoms with Gasteiger partial charge in [0.1, 0.15) is 10.6 Å². The van der Waals surface area contributed by atoms with E-state index in [0.717, 1.165) is 17.2 Å². The summed E-state index contributed by atoms with van der Waals surface area (Å²) in [5, 5.41) is 11.0. The highest BCUT2D eigenvalue weighted by atomic mass is 32.2. The van der Waals surface area contributed by atoms with Crippen LogP contribution in [0.15, 0.2) is 63.7 Å². The first-order valence-corrected chi connectivity index (χ1v) is 12.6. The van der Waals surface area contributed by atoms with Gasteiger partial charge < -0.3 is 9.84 Å². The van der Waals surface area contributed by atoms with Crippen molar-refractivity contribution in [2.75, 3.05) is 18.1 Å². The van der Waals surface area contributed by atoms with Crippen LogP contribution in [0.4, 0.5) is 5.69 Å². The Labute approximate surface area is 177 Å². The van der Waals surface area contributed by atoms with Crippen molar-refractivity contribution in [3.8, 4) is 16.2 Å². The molecule has 0 amide bonds. The minimum Gasteiger partial charge on any atom is -0.495 e. The minimum atomic E-state index is -4.32. The Morgan fingerprint density at radius 1 is 1.07 bits per heavy atom. The Balaban J connectivity index is 2.17. The quantitative estimate of drug-likeness (QED) is 0.546. The van der Waals surface area contributed by atoms with Gasteiger partial charge >= 0.3 is 5.97 Å². The monoisotopic (exact) mass is 467 g/mol. The third-order valence-electron chi connectivity index (χ3n) is 4.15. The molecule has 3 rings (SSSR count). The van der Waals surface area contributed by atoms with Crippen LogP contribution in [0.5, 0.6) is 5.75 Å². The molecule has 30 heavy (non-hydrogen) atoms. The summed E-state index contributed by atoms with van der Waals surface area (Å²) >= 11 is 1.35. The van der Waals surface area contributed by atoms with E-state index in [-0.39, 0.29) is 26.8 Å². The molecule has 158 valence electrons. The van der Waals surface area contributed by atoms with Gasteiger partial charge in [-0.05, 0) is 41.8 Å². The average Bonchev–Trinajstić information content (AvgIpc) is 3.20. The molecule has 3 aromatic rings. The van der Waals surface area contributed by atoms with Crippen LogP contribution in [0.1, 0.15) is 10.4 Å². The lowest BCUT2D eigenvalue weighted by atomic mass is 10.1. The largest absolute Gasteiger partial charge is 0.495 e. The molecule has 2 aromatic carbocycles. The zero-order valence-corrected chi connectivity index (χ0v) is 18.3. The number of sulfonamides is 1. The molecule has 0 spiro atoms. The molecule has 0 saturated carbocycles. The third-order valence-corrected chi connectivity index (χ3v) is 7.55. The van der Waals surface area contributed by atoms with E-state index >= 15 is 0 Å². The lowest BCUT2D eigenvalue weighted by Crippen LogP contribution is -2.16. The maximum Gasteiger partial charge on any atom is 0.335 e. The maximum absolute atomic E-state index is 13.1. The topological polar surface area (TPSA) is 127 Å². The van der Waals surface area contributed by atoms with E-state index in [0.29, 0.717) is 5.56 Å². The number of hydrogen-bond donors (Lipinski definition) is 2. The van der Waals surface area contributed by atoms with Crippen molar-refractivity contribution in [2.45, 2.75) is 9.79 Å². The summed E-state index contributed by atoms with van der Waals surface area (Å²) in [5.41, 5.74) is 0.289. The van der Waals surface area contributed by atoms with Gasteiger partial charge in [0.25, 0.3) is 10.0 Å². The summed E-state index contributed by atoms with van der Waals surface area (Å²) in [6, 6.07) is 11.1. The number of carboxylic acid groups (broad SMARTS) is 1. The molecule has 0 bridgehead atoms. The minimum absolute atomic E-state index is 0.0446. The lowest BCUT2D eigenvalue weighted by molar-refractivity contribution is 0.0696. The molecule has 0 unspecified atom stereocenters. The molecule has 2 N–H and O–H groups in total. The predicted octanol–water partition coefficient (Wildman–Crippen LogP) is 3.33. The van der Waals surface area contributed by atoms with Gasteiger partial charge in [0.05, 0.1) is 23.3 Å². The number of thiophene rings is 1. The fourth-order valence-corrected chi connectivity index (χ4v) is 5.38. The number of rotatable bonds is 7. The second-order valence-corrected chi connectivity index (χ2v) is 10.8. The van der Waals surface area contributed by atoms with Crippen LogP contribution >= 0.6 is 11.3 Å². The normalized spacial score (nSPS) is 11.8. The van der Waals surface area contributed by atoms with E-state index < -0.39 is 25.8 Å². The number of carboxylic acids is 1. The van der Waals surface area contributed by atoms with Crippen molar-refractivity contribution in [3.05, 3.63) is 59.5 Å². The maximum atomic E-state index is 13.1. The van der Waals surface area contributed by atoms with Crippen LogP contribution in [0.25, 0.3) is 10.4 Å². The van der Waals surface area contributed by atoms with Crippen molar-refractivity contribution >= 4 is 42.9 Å². The van der Waals surface area contributed by atoms with Gasteiger partial charge in [-0.3, -0.25) is 4.72 Å². The van der Waals surface area contributed by atoms with E-state index in [4.69, 9.17) is 4.74 Å². The van der Waals surface area contributed by atoms with Gasteiger partial charge in [0, 0.05) is 16.7 Å². The number of aromatic carboxylic acids is 1. The van der Waals surface area contributed by atoms with Crippen LogP contribution in [0.3, 0.4) is 0 Å². The standard InChI is InChI=1S/C19H17NO7S3/c1-27-16-8-5-12(19(21)22)10-18(16)30(25,26)20-15-11-13(29(2,23)24)6-7-14(15)17-4-3-9-28-17/h3-11,20H,1-2H3,(H,21,22). The zero-order valence-electron chi connectivity index (χ0n) is 15.8. The van der Waals surface area contributed by atoms with Crippen LogP contribution in [0.2, 0.25) is 0 Å². The second-order valence-electron chi connectivity index (χ2n) is 6.23. The van der Waals surface area contributed by atoms with E-state index in [1.54, 1.807) is 17.5 Å². The van der Waals surface area contributed by atoms with Crippen LogP contribution < -0.4 is 9.46 Å². The summed E-state index contributed by atoms with van der Waals surface area (Å²) in [7, 11) is -6.65. The lowest BCUT2D eigenvalue weighted by Gasteiger charge is -2.15. The summed E-state index contributed by atoms with van der Waals surface area (Å²) in [4.78, 5) is 11.6. The van der Waals surface area contributed by atoms with Gasteiger partial charge in [0.2, 0.25) is 0 Å². The number of anilines is 1. The Morgan fingerprint density at radius 3 is 2.37 bits per heavy atom. The van der Waals surface area contributed by atoms with Gasteiger partial charge in [-0.1, -0.05) is 12.1 Å². The van der Waals surface area contributed by atoms with E-state index in [1.165, 1.54) is 48.8 Å². The fraction of sp³-hybridized carbons (Fsp3) is 0.105. The number of sulfone groups is 1. The fourth-order valence-electron chi connectivity index (χ4n) is 2.70. The summed E-state index contributed by atoms with van der Waals surface area (Å²) < 4.78 is 57.6. The molecular formula is C19H17NO7S3. The molecule has 1 aromatic heterocycles. The van der Waals surface area contributed by atoms with E-state index in [9.17, 15) is 26.7 Å².